The first kappa shape index (κ1) is 22.0. The van der Waals surface area contributed by atoms with Gasteiger partial charge < -0.3 is 15.1 Å². The van der Waals surface area contributed by atoms with Gasteiger partial charge in [-0.3, -0.25) is 14.6 Å². The van der Waals surface area contributed by atoms with Crippen molar-refractivity contribution >= 4 is 29.5 Å². The lowest BCUT2D eigenvalue weighted by molar-refractivity contribution is -0.117. The lowest BCUT2D eigenvalue weighted by Crippen LogP contribution is -2.34. The molecule has 0 spiro atoms. The van der Waals surface area contributed by atoms with Crippen LogP contribution < -0.4 is 10.6 Å². The van der Waals surface area contributed by atoms with Crippen molar-refractivity contribution < 1.29 is 14.0 Å². The topological polar surface area (TPSA) is 84.2 Å². The minimum Gasteiger partial charge on any atom is -0.457 e. The summed E-state index contributed by atoms with van der Waals surface area (Å²) in [5, 5.41) is 6.08. The fourth-order valence-corrected chi connectivity index (χ4v) is 3.28. The van der Waals surface area contributed by atoms with E-state index < -0.39 is 11.8 Å². The minimum atomic E-state index is -0.455. The third-order valence-electron chi connectivity index (χ3n) is 4.73. The van der Waals surface area contributed by atoms with E-state index in [0.717, 1.165) is 11.1 Å². The number of hydrogen-bond donors (Lipinski definition) is 2. The molecule has 6 nitrogen and oxygen atoms in total. The number of furan rings is 1. The van der Waals surface area contributed by atoms with Gasteiger partial charge in [-0.05, 0) is 48.0 Å². The Balaban J connectivity index is 1.58. The van der Waals surface area contributed by atoms with Crippen molar-refractivity contribution in [1.29, 1.82) is 0 Å². The Bertz CT molecular complexity index is 1280. The highest BCUT2D eigenvalue weighted by Gasteiger charge is 2.16. The van der Waals surface area contributed by atoms with Crippen LogP contribution in [0.5, 0.6) is 0 Å². The molecular weight excluding hydrogens is 438 g/mol. The lowest BCUT2D eigenvalue weighted by Gasteiger charge is -2.11. The molecule has 4 rings (SSSR count). The van der Waals surface area contributed by atoms with E-state index in [1.54, 1.807) is 67.0 Å². The van der Waals surface area contributed by atoms with E-state index in [4.69, 9.17) is 16.0 Å². The maximum atomic E-state index is 12.9. The van der Waals surface area contributed by atoms with Gasteiger partial charge in [-0.2, -0.15) is 0 Å². The highest BCUT2D eigenvalue weighted by molar-refractivity contribution is 6.30. The van der Waals surface area contributed by atoms with Gasteiger partial charge in [0.2, 0.25) is 0 Å². The second-order valence-electron chi connectivity index (χ2n) is 7.13. The van der Waals surface area contributed by atoms with Crippen molar-refractivity contribution in [3.8, 4) is 11.3 Å². The molecule has 7 heteroatoms. The summed E-state index contributed by atoms with van der Waals surface area (Å²) < 4.78 is 5.88. The standard InChI is InChI=1S/C26H20ClN3O3/c27-21-10-4-9-20(14-21)24-12-11-22(33-24)15-23(30-25(31)19-7-2-1-3-8-19)26(32)29-17-18-6-5-13-28-16-18/h1-16H,17H2,(H,29,32)(H,30,31)/b23-15-. The molecule has 33 heavy (non-hydrogen) atoms. The molecule has 0 aliphatic heterocycles. The van der Waals surface area contributed by atoms with E-state index in [1.165, 1.54) is 6.08 Å². The van der Waals surface area contributed by atoms with E-state index in [1.807, 2.05) is 24.3 Å². The largest absolute Gasteiger partial charge is 0.457 e. The third kappa shape index (κ3) is 5.96. The molecule has 0 bridgehead atoms. The van der Waals surface area contributed by atoms with Gasteiger partial charge in [0.25, 0.3) is 11.8 Å². The van der Waals surface area contributed by atoms with E-state index >= 15 is 0 Å². The van der Waals surface area contributed by atoms with Crippen molar-refractivity contribution in [3.63, 3.8) is 0 Å². The van der Waals surface area contributed by atoms with Crippen LogP contribution in [0.15, 0.2) is 101 Å². The molecule has 2 N–H and O–H groups in total. The first-order valence-electron chi connectivity index (χ1n) is 10.2. The van der Waals surface area contributed by atoms with Gasteiger partial charge in [0.05, 0.1) is 0 Å². The van der Waals surface area contributed by atoms with Crippen LogP contribution in [0.1, 0.15) is 21.7 Å². The van der Waals surface area contributed by atoms with Crippen molar-refractivity contribution in [3.05, 3.63) is 119 Å². The third-order valence-corrected chi connectivity index (χ3v) is 4.96. The average molecular weight is 458 g/mol. The van der Waals surface area contributed by atoms with Crippen LogP contribution >= 0.6 is 11.6 Å². The van der Waals surface area contributed by atoms with Crippen LogP contribution in [0, 0.1) is 0 Å². The SMILES string of the molecule is O=C(NCc1cccnc1)/C(=C/c1ccc(-c2cccc(Cl)c2)o1)NC(=O)c1ccccc1. The van der Waals surface area contributed by atoms with E-state index in [0.29, 0.717) is 22.1 Å². The van der Waals surface area contributed by atoms with Gasteiger partial charge in [0.1, 0.15) is 17.2 Å². The molecule has 2 aromatic carbocycles. The summed E-state index contributed by atoms with van der Waals surface area (Å²) in [5.41, 5.74) is 2.13. The van der Waals surface area contributed by atoms with Crippen LogP contribution in [0.4, 0.5) is 0 Å². The van der Waals surface area contributed by atoms with Crippen LogP contribution in [0.2, 0.25) is 5.02 Å². The monoisotopic (exact) mass is 457 g/mol. The maximum Gasteiger partial charge on any atom is 0.268 e. The Morgan fingerprint density at radius 3 is 2.58 bits per heavy atom. The number of benzene rings is 2. The van der Waals surface area contributed by atoms with Gasteiger partial charge >= 0.3 is 0 Å². The lowest BCUT2D eigenvalue weighted by atomic mass is 10.2. The molecule has 0 atom stereocenters. The Labute approximate surface area is 195 Å². The molecular formula is C26H20ClN3O3. The predicted octanol–water partition coefficient (Wildman–Crippen LogP) is 5.08. The zero-order chi connectivity index (χ0) is 23.0. The van der Waals surface area contributed by atoms with Gasteiger partial charge in [-0.15, -0.1) is 0 Å². The van der Waals surface area contributed by atoms with Crippen molar-refractivity contribution in [2.75, 3.05) is 0 Å². The van der Waals surface area contributed by atoms with Gasteiger partial charge in [0.15, 0.2) is 0 Å². The fraction of sp³-hybridized carbons (Fsp3) is 0.0385. The summed E-state index contributed by atoms with van der Waals surface area (Å²) in [6.45, 7) is 0.261. The second-order valence-corrected chi connectivity index (χ2v) is 7.57. The molecule has 0 unspecified atom stereocenters. The highest BCUT2D eigenvalue weighted by atomic mass is 35.5. The summed E-state index contributed by atoms with van der Waals surface area (Å²) in [7, 11) is 0. The molecule has 0 saturated carbocycles. The molecule has 2 amide bonds. The summed E-state index contributed by atoms with van der Waals surface area (Å²) in [6.07, 6.45) is 4.81. The first-order valence-corrected chi connectivity index (χ1v) is 10.6. The number of nitrogens with zero attached hydrogens (tertiary/aromatic N) is 1. The van der Waals surface area contributed by atoms with Gasteiger partial charge in [-0.1, -0.05) is 48.0 Å². The Morgan fingerprint density at radius 2 is 1.82 bits per heavy atom. The minimum absolute atomic E-state index is 0.0553. The summed E-state index contributed by atoms with van der Waals surface area (Å²) in [5.74, 6) is 0.141. The fourth-order valence-electron chi connectivity index (χ4n) is 3.09. The number of halogens is 1. The summed E-state index contributed by atoms with van der Waals surface area (Å²) >= 11 is 6.07. The zero-order valence-corrected chi connectivity index (χ0v) is 18.3. The van der Waals surface area contributed by atoms with Crippen LogP contribution in [0.25, 0.3) is 17.4 Å². The number of pyridine rings is 1. The summed E-state index contributed by atoms with van der Waals surface area (Å²) in [4.78, 5) is 29.7. The quantitative estimate of drug-likeness (QED) is 0.379. The molecule has 0 radical (unpaired) electrons. The Hall–Kier alpha value is -4.16. The Morgan fingerprint density at radius 1 is 0.970 bits per heavy atom. The highest BCUT2D eigenvalue weighted by Crippen LogP contribution is 2.25. The van der Waals surface area contributed by atoms with Crippen molar-refractivity contribution in [1.82, 2.24) is 15.6 Å². The maximum absolute atomic E-state index is 12.9. The second kappa shape index (κ2) is 10.4. The average Bonchev–Trinajstić information content (AvgIpc) is 3.32. The number of carbonyl (C=O) groups is 2. The van der Waals surface area contributed by atoms with E-state index in [-0.39, 0.29) is 12.2 Å². The molecule has 0 fully saturated rings. The Kier molecular flexibility index (Phi) is 6.97. The van der Waals surface area contributed by atoms with Gasteiger partial charge in [-0.25, -0.2) is 0 Å². The molecule has 2 heterocycles. The number of rotatable bonds is 7. The van der Waals surface area contributed by atoms with Crippen LogP contribution in [-0.2, 0) is 11.3 Å². The normalized spacial score (nSPS) is 11.1. The first-order chi connectivity index (χ1) is 16.1. The molecule has 164 valence electrons. The molecule has 0 aliphatic rings. The number of carbonyl (C=O) groups excluding carboxylic acids is 2. The number of nitrogens with one attached hydrogen (secondary N) is 2. The smallest absolute Gasteiger partial charge is 0.268 e. The zero-order valence-electron chi connectivity index (χ0n) is 17.5. The summed E-state index contributed by atoms with van der Waals surface area (Å²) in [6, 6.07) is 23.1. The van der Waals surface area contributed by atoms with Gasteiger partial charge in [0, 0.05) is 41.2 Å². The van der Waals surface area contributed by atoms with Crippen LogP contribution in [0.3, 0.4) is 0 Å². The van der Waals surface area contributed by atoms with Crippen LogP contribution in [-0.4, -0.2) is 16.8 Å². The van der Waals surface area contributed by atoms with Crippen molar-refractivity contribution in [2.24, 2.45) is 0 Å². The molecule has 4 aromatic rings. The molecule has 0 aliphatic carbocycles. The van der Waals surface area contributed by atoms with E-state index in [9.17, 15) is 9.59 Å². The van der Waals surface area contributed by atoms with Crippen molar-refractivity contribution in [2.45, 2.75) is 6.54 Å². The molecule has 2 aromatic heterocycles. The van der Waals surface area contributed by atoms with E-state index in [2.05, 4.69) is 15.6 Å². The number of amides is 2. The molecule has 0 saturated heterocycles. The predicted molar refractivity (Wildman–Crippen MR) is 127 cm³/mol. The number of hydrogen-bond acceptors (Lipinski definition) is 4. The number of aromatic nitrogens is 1.